The molecule has 3 aromatic rings. The molecule has 0 unspecified atom stereocenters. The second-order valence-corrected chi connectivity index (χ2v) is 7.24. The molecule has 1 N–H and O–H groups in total. The van der Waals surface area contributed by atoms with Crippen LogP contribution in [0, 0.1) is 20.8 Å². The van der Waals surface area contributed by atoms with Crippen molar-refractivity contribution in [3.05, 3.63) is 76.7 Å². The average molecular weight is 408 g/mol. The van der Waals surface area contributed by atoms with E-state index in [9.17, 15) is 4.79 Å². The number of hydrogen-bond donors (Lipinski definition) is 1. The fraction of sp³-hybridized carbons (Fsp3) is 0.333. The third kappa shape index (κ3) is 6.11. The van der Waals surface area contributed by atoms with Crippen molar-refractivity contribution in [2.75, 3.05) is 13.2 Å². The van der Waals surface area contributed by atoms with Crippen molar-refractivity contribution >= 4 is 5.91 Å². The smallest absolute Gasteiger partial charge is 0.251 e. The van der Waals surface area contributed by atoms with Crippen molar-refractivity contribution in [1.29, 1.82) is 0 Å². The molecule has 0 saturated heterocycles. The predicted molar refractivity (Wildman–Crippen MR) is 115 cm³/mol. The Labute approximate surface area is 177 Å². The summed E-state index contributed by atoms with van der Waals surface area (Å²) in [7, 11) is 0. The lowest BCUT2D eigenvalue weighted by Crippen LogP contribution is -2.24. The van der Waals surface area contributed by atoms with Crippen LogP contribution in [0.25, 0.3) is 0 Å². The second kappa shape index (κ2) is 10.5. The van der Waals surface area contributed by atoms with Gasteiger partial charge in [-0.1, -0.05) is 22.9 Å². The fourth-order valence-corrected chi connectivity index (χ4v) is 2.92. The quantitative estimate of drug-likeness (QED) is 0.489. The van der Waals surface area contributed by atoms with Crippen LogP contribution in [-0.4, -0.2) is 24.2 Å². The zero-order valence-corrected chi connectivity index (χ0v) is 17.7. The highest BCUT2D eigenvalue weighted by molar-refractivity contribution is 5.94. The zero-order chi connectivity index (χ0) is 21.3. The van der Waals surface area contributed by atoms with Gasteiger partial charge >= 0.3 is 0 Å². The van der Waals surface area contributed by atoms with Gasteiger partial charge in [0, 0.05) is 12.1 Å². The summed E-state index contributed by atoms with van der Waals surface area (Å²) < 4.78 is 16.6. The minimum Gasteiger partial charge on any atom is -0.494 e. The number of ether oxygens (including phenoxy) is 2. The van der Waals surface area contributed by atoms with Crippen molar-refractivity contribution in [2.45, 2.75) is 40.2 Å². The van der Waals surface area contributed by atoms with Crippen LogP contribution in [0.4, 0.5) is 0 Å². The Bertz CT molecular complexity index is 927. The molecule has 1 amide bonds. The number of benzene rings is 2. The summed E-state index contributed by atoms with van der Waals surface area (Å²) in [5.41, 5.74) is 3.59. The molecule has 0 spiro atoms. The van der Waals surface area contributed by atoms with Crippen LogP contribution in [-0.2, 0) is 6.61 Å². The highest BCUT2D eigenvalue weighted by Gasteiger charge is 2.10. The van der Waals surface area contributed by atoms with Crippen LogP contribution < -0.4 is 14.8 Å². The maximum Gasteiger partial charge on any atom is 0.251 e. The Morgan fingerprint density at radius 3 is 2.27 bits per heavy atom. The van der Waals surface area contributed by atoms with Gasteiger partial charge in [-0.3, -0.25) is 4.79 Å². The number of carbonyl (C=O) groups excluding carboxylic acids is 1. The number of unbranched alkanes of at least 4 members (excludes halogenated alkanes) is 1. The number of nitrogens with one attached hydrogen (secondary N) is 1. The van der Waals surface area contributed by atoms with Crippen LogP contribution >= 0.6 is 0 Å². The average Bonchev–Trinajstić information content (AvgIpc) is 3.08. The molecular formula is C24H28N2O4. The molecule has 0 saturated carbocycles. The van der Waals surface area contributed by atoms with Crippen LogP contribution in [0.15, 0.2) is 53.1 Å². The molecular weight excluding hydrogens is 380 g/mol. The SMILES string of the molecule is Cc1ccc(OCCCCNC(=O)c2ccc(OCc3c(C)noc3C)cc2)cc1. The molecule has 0 fully saturated rings. The van der Waals surface area contributed by atoms with E-state index in [0.717, 1.165) is 35.6 Å². The van der Waals surface area contributed by atoms with E-state index in [-0.39, 0.29) is 5.91 Å². The summed E-state index contributed by atoms with van der Waals surface area (Å²) in [6.45, 7) is 7.43. The number of nitrogens with zero attached hydrogens (tertiary/aromatic N) is 1. The highest BCUT2D eigenvalue weighted by atomic mass is 16.5. The second-order valence-electron chi connectivity index (χ2n) is 7.24. The number of amides is 1. The minimum atomic E-state index is -0.0910. The monoisotopic (exact) mass is 408 g/mol. The van der Waals surface area contributed by atoms with Gasteiger partial charge in [-0.05, 0) is 70.0 Å². The van der Waals surface area contributed by atoms with Crippen LogP contribution in [0.3, 0.4) is 0 Å². The molecule has 3 rings (SSSR count). The Morgan fingerprint density at radius 2 is 1.60 bits per heavy atom. The van der Waals surface area contributed by atoms with Crippen molar-refractivity contribution in [1.82, 2.24) is 10.5 Å². The first kappa shape index (κ1) is 21.4. The maximum absolute atomic E-state index is 12.3. The number of carbonyl (C=O) groups is 1. The lowest BCUT2D eigenvalue weighted by molar-refractivity contribution is 0.0952. The molecule has 0 bridgehead atoms. The van der Waals surface area contributed by atoms with Gasteiger partial charge in [0.1, 0.15) is 23.9 Å². The molecule has 158 valence electrons. The van der Waals surface area contributed by atoms with E-state index >= 15 is 0 Å². The Hall–Kier alpha value is -3.28. The summed E-state index contributed by atoms with van der Waals surface area (Å²) in [4.78, 5) is 12.3. The Morgan fingerprint density at radius 1 is 0.933 bits per heavy atom. The molecule has 6 heteroatoms. The third-order valence-electron chi connectivity index (χ3n) is 4.83. The van der Waals surface area contributed by atoms with E-state index < -0.39 is 0 Å². The van der Waals surface area contributed by atoms with Crippen molar-refractivity contribution in [3.63, 3.8) is 0 Å². The van der Waals surface area contributed by atoms with Gasteiger partial charge in [0.05, 0.1) is 17.9 Å². The summed E-state index contributed by atoms with van der Waals surface area (Å²) in [5.74, 6) is 2.24. The highest BCUT2D eigenvalue weighted by Crippen LogP contribution is 2.18. The van der Waals surface area contributed by atoms with E-state index in [0.29, 0.717) is 31.1 Å². The van der Waals surface area contributed by atoms with E-state index in [2.05, 4.69) is 10.5 Å². The molecule has 2 aromatic carbocycles. The van der Waals surface area contributed by atoms with Gasteiger partial charge in [-0.15, -0.1) is 0 Å². The van der Waals surface area contributed by atoms with Gasteiger partial charge in [-0.25, -0.2) is 0 Å². The minimum absolute atomic E-state index is 0.0910. The first-order valence-electron chi connectivity index (χ1n) is 10.1. The molecule has 0 atom stereocenters. The summed E-state index contributed by atoms with van der Waals surface area (Å²) in [6.07, 6.45) is 1.73. The summed E-state index contributed by atoms with van der Waals surface area (Å²) in [5, 5.41) is 6.85. The molecule has 30 heavy (non-hydrogen) atoms. The first-order valence-corrected chi connectivity index (χ1v) is 10.1. The predicted octanol–water partition coefficient (Wildman–Crippen LogP) is 4.77. The van der Waals surface area contributed by atoms with E-state index in [1.54, 1.807) is 24.3 Å². The molecule has 0 aliphatic carbocycles. The van der Waals surface area contributed by atoms with E-state index in [1.165, 1.54) is 5.56 Å². The number of aryl methyl sites for hydroxylation is 3. The molecule has 6 nitrogen and oxygen atoms in total. The largest absolute Gasteiger partial charge is 0.494 e. The lowest BCUT2D eigenvalue weighted by atomic mass is 10.2. The number of hydrogen-bond acceptors (Lipinski definition) is 5. The normalized spacial score (nSPS) is 10.6. The molecule has 1 heterocycles. The number of rotatable bonds is 10. The van der Waals surface area contributed by atoms with Crippen LogP contribution in [0.2, 0.25) is 0 Å². The Kier molecular flexibility index (Phi) is 7.49. The maximum atomic E-state index is 12.3. The van der Waals surface area contributed by atoms with Crippen molar-refractivity contribution in [2.24, 2.45) is 0 Å². The molecule has 0 aliphatic rings. The van der Waals surface area contributed by atoms with Crippen molar-refractivity contribution in [3.8, 4) is 11.5 Å². The Balaban J connectivity index is 1.34. The standard InChI is InChI=1S/C24H28N2O4/c1-17-6-10-21(11-7-17)28-15-5-4-14-25-24(27)20-8-12-22(13-9-20)29-16-23-18(2)26-30-19(23)3/h6-13H,4-5,14-16H2,1-3H3,(H,25,27). The van der Waals surface area contributed by atoms with Crippen molar-refractivity contribution < 1.29 is 18.8 Å². The topological polar surface area (TPSA) is 73.6 Å². The van der Waals surface area contributed by atoms with Crippen LogP contribution in [0.1, 0.15) is 45.8 Å². The van der Waals surface area contributed by atoms with Crippen LogP contribution in [0.5, 0.6) is 11.5 Å². The van der Waals surface area contributed by atoms with Gasteiger partial charge in [0.2, 0.25) is 0 Å². The zero-order valence-electron chi connectivity index (χ0n) is 17.7. The first-order chi connectivity index (χ1) is 14.5. The van der Waals surface area contributed by atoms with Gasteiger partial charge in [0.15, 0.2) is 0 Å². The molecule has 0 radical (unpaired) electrons. The third-order valence-corrected chi connectivity index (χ3v) is 4.83. The summed E-state index contributed by atoms with van der Waals surface area (Å²) in [6, 6.07) is 15.1. The number of aromatic nitrogens is 1. The molecule has 1 aromatic heterocycles. The van der Waals surface area contributed by atoms with E-state index in [1.807, 2.05) is 45.0 Å². The van der Waals surface area contributed by atoms with Gasteiger partial charge in [0.25, 0.3) is 5.91 Å². The molecule has 0 aliphatic heterocycles. The van der Waals surface area contributed by atoms with Gasteiger partial charge in [-0.2, -0.15) is 0 Å². The lowest BCUT2D eigenvalue weighted by Gasteiger charge is -2.09. The van der Waals surface area contributed by atoms with Gasteiger partial charge < -0.3 is 19.3 Å². The van der Waals surface area contributed by atoms with E-state index in [4.69, 9.17) is 14.0 Å². The fourth-order valence-electron chi connectivity index (χ4n) is 2.92. The summed E-state index contributed by atoms with van der Waals surface area (Å²) >= 11 is 0.